The lowest BCUT2D eigenvalue weighted by atomic mass is 10.2. The number of pyridine rings is 1. The molecule has 2 aromatic carbocycles. The van der Waals surface area contributed by atoms with E-state index in [1.807, 2.05) is 42.5 Å². The smallest absolute Gasteiger partial charge is 0.494 e. The molecule has 0 bridgehead atoms. The first-order chi connectivity index (χ1) is 17.4. The third-order valence-electron chi connectivity index (χ3n) is 5.86. The lowest BCUT2D eigenvalue weighted by Gasteiger charge is -2.36. The number of aromatic nitrogens is 1. The minimum Gasteiger partial charge on any atom is -0.494 e. The summed E-state index contributed by atoms with van der Waals surface area (Å²) in [5.74, 6) is 0.902. The highest BCUT2D eigenvalue weighted by atomic mass is 35.5. The predicted molar refractivity (Wildman–Crippen MR) is 142 cm³/mol. The molecule has 1 aromatic heterocycles. The van der Waals surface area contributed by atoms with Crippen molar-refractivity contribution in [2.75, 3.05) is 58.3 Å². The third-order valence-corrected chi connectivity index (χ3v) is 6.67. The largest absolute Gasteiger partial charge is 0.534 e. The summed E-state index contributed by atoms with van der Waals surface area (Å²) < 4.78 is 11.1. The van der Waals surface area contributed by atoms with Gasteiger partial charge in [0, 0.05) is 57.8 Å². The van der Waals surface area contributed by atoms with Crippen LogP contribution in [0.3, 0.4) is 0 Å². The molecule has 8 nitrogen and oxygen atoms in total. The topological polar surface area (TPSA) is 67.4 Å². The Balaban J connectivity index is 1.19. The van der Waals surface area contributed by atoms with Gasteiger partial charge in [-0.2, -0.15) is 0 Å². The van der Waals surface area contributed by atoms with Crippen LogP contribution in [-0.4, -0.2) is 74.5 Å². The maximum Gasteiger partial charge on any atom is 0.534 e. The van der Waals surface area contributed by atoms with E-state index in [1.54, 1.807) is 20.2 Å². The quantitative estimate of drug-likeness (QED) is 0.203. The molecule has 0 unspecified atom stereocenters. The van der Waals surface area contributed by atoms with Crippen LogP contribution in [0.4, 0.5) is 10.5 Å². The fourth-order valence-electron chi connectivity index (χ4n) is 4.05. The van der Waals surface area contributed by atoms with Gasteiger partial charge in [-0.3, -0.25) is 4.90 Å². The molecule has 0 atom stereocenters. The van der Waals surface area contributed by atoms with Crippen molar-refractivity contribution in [1.29, 1.82) is 0 Å². The monoisotopic (exact) mass is 532 g/mol. The summed E-state index contributed by atoms with van der Waals surface area (Å²) in [5, 5.41) is 3.40. The predicted octanol–water partition coefficient (Wildman–Crippen LogP) is 5.51. The minimum absolute atomic E-state index is 0.171. The summed E-state index contributed by atoms with van der Waals surface area (Å²) in [4.78, 5) is 25.7. The van der Waals surface area contributed by atoms with E-state index in [1.165, 1.54) is 5.06 Å². The number of hydrogen-bond acceptors (Lipinski definition) is 8. The SMILES string of the molecule is CN(C)OC(=O)Oc1ccc2ccc(OCCCCN3CCN(c4cccc(Cl)c4Cl)CC3)cc2n1. The van der Waals surface area contributed by atoms with Crippen molar-refractivity contribution in [1.82, 2.24) is 14.9 Å². The summed E-state index contributed by atoms with van der Waals surface area (Å²) in [6.45, 7) is 5.50. The van der Waals surface area contributed by atoms with E-state index in [9.17, 15) is 4.79 Å². The van der Waals surface area contributed by atoms with Crippen LogP contribution >= 0.6 is 23.2 Å². The van der Waals surface area contributed by atoms with Crippen LogP contribution in [0.2, 0.25) is 10.0 Å². The fraction of sp³-hybridized carbons (Fsp3) is 0.385. The van der Waals surface area contributed by atoms with Gasteiger partial charge in [0.2, 0.25) is 5.88 Å². The summed E-state index contributed by atoms with van der Waals surface area (Å²) in [5.41, 5.74) is 1.69. The number of unbranched alkanes of at least 4 members (excludes halogenated alkanes) is 1. The van der Waals surface area contributed by atoms with E-state index in [0.717, 1.165) is 62.4 Å². The number of fused-ring (bicyclic) bond motifs is 1. The normalized spacial score (nSPS) is 14.3. The fourth-order valence-corrected chi connectivity index (χ4v) is 4.47. The molecule has 0 saturated carbocycles. The molecule has 1 aliphatic heterocycles. The number of benzene rings is 2. The number of nitrogens with zero attached hydrogens (tertiary/aromatic N) is 4. The maximum atomic E-state index is 11.7. The number of carbonyl (C=O) groups excluding carboxylic acids is 1. The Bertz CT molecular complexity index is 1190. The number of rotatable bonds is 9. The first kappa shape index (κ1) is 26.3. The summed E-state index contributed by atoms with van der Waals surface area (Å²) >= 11 is 12.5. The average Bonchev–Trinajstić information content (AvgIpc) is 2.85. The molecule has 3 aromatic rings. The molecule has 10 heteroatoms. The number of anilines is 1. The zero-order valence-electron chi connectivity index (χ0n) is 20.5. The number of hydrogen-bond donors (Lipinski definition) is 0. The molecule has 0 spiro atoms. The van der Waals surface area contributed by atoms with Gasteiger partial charge in [-0.1, -0.05) is 29.3 Å². The van der Waals surface area contributed by atoms with Crippen molar-refractivity contribution in [3.05, 3.63) is 58.6 Å². The Morgan fingerprint density at radius 2 is 1.81 bits per heavy atom. The highest BCUT2D eigenvalue weighted by Crippen LogP contribution is 2.33. The molecule has 1 fully saturated rings. The Labute approximate surface area is 221 Å². The number of ether oxygens (including phenoxy) is 2. The summed E-state index contributed by atoms with van der Waals surface area (Å²) in [6, 6.07) is 15.0. The van der Waals surface area contributed by atoms with Crippen LogP contribution in [0.15, 0.2) is 48.5 Å². The van der Waals surface area contributed by atoms with E-state index in [4.69, 9.17) is 37.5 Å². The summed E-state index contributed by atoms with van der Waals surface area (Å²) in [7, 11) is 3.19. The highest BCUT2D eigenvalue weighted by molar-refractivity contribution is 6.43. The average molecular weight is 533 g/mol. The molecule has 1 aliphatic rings. The van der Waals surface area contributed by atoms with Gasteiger partial charge in [0.25, 0.3) is 0 Å². The van der Waals surface area contributed by atoms with Gasteiger partial charge in [-0.15, -0.1) is 5.06 Å². The minimum atomic E-state index is -0.839. The Morgan fingerprint density at radius 3 is 2.58 bits per heavy atom. The maximum absolute atomic E-state index is 11.7. The van der Waals surface area contributed by atoms with Gasteiger partial charge >= 0.3 is 6.16 Å². The molecule has 1 saturated heterocycles. The van der Waals surface area contributed by atoms with Crippen molar-refractivity contribution in [2.24, 2.45) is 0 Å². The molecule has 0 aliphatic carbocycles. The molecule has 0 amide bonds. The van der Waals surface area contributed by atoms with Crippen LogP contribution in [0.1, 0.15) is 12.8 Å². The van der Waals surface area contributed by atoms with Gasteiger partial charge in [-0.25, -0.2) is 9.78 Å². The van der Waals surface area contributed by atoms with Crippen LogP contribution in [-0.2, 0) is 4.84 Å². The standard InChI is InChI=1S/C26H30Cl2N4O4/c1-30(2)36-26(33)35-24-11-9-19-8-10-20(18-22(19)29-24)34-17-4-3-12-31-13-15-32(16-14-31)23-7-5-6-21(27)25(23)28/h5-11,18H,3-4,12-17H2,1-2H3. The van der Waals surface area contributed by atoms with Gasteiger partial charge < -0.3 is 19.2 Å². The van der Waals surface area contributed by atoms with E-state index in [-0.39, 0.29) is 5.88 Å². The molecular weight excluding hydrogens is 503 g/mol. The lowest BCUT2D eigenvalue weighted by Crippen LogP contribution is -2.46. The molecular formula is C26H30Cl2N4O4. The number of carbonyl (C=O) groups is 1. The van der Waals surface area contributed by atoms with Gasteiger partial charge in [0.15, 0.2) is 0 Å². The van der Waals surface area contributed by atoms with Crippen LogP contribution in [0, 0.1) is 0 Å². The Hall–Kier alpha value is -2.78. The van der Waals surface area contributed by atoms with Crippen LogP contribution in [0.5, 0.6) is 11.6 Å². The second-order valence-electron chi connectivity index (χ2n) is 8.72. The van der Waals surface area contributed by atoms with Crippen LogP contribution < -0.4 is 14.4 Å². The highest BCUT2D eigenvalue weighted by Gasteiger charge is 2.19. The van der Waals surface area contributed by atoms with Crippen molar-refractivity contribution in [3.8, 4) is 11.6 Å². The Kier molecular flexibility index (Phi) is 9.09. The number of piperazine rings is 1. The zero-order chi connectivity index (χ0) is 25.5. The first-order valence-electron chi connectivity index (χ1n) is 11.9. The number of hydroxylamine groups is 2. The van der Waals surface area contributed by atoms with Crippen molar-refractivity contribution < 1.29 is 19.1 Å². The van der Waals surface area contributed by atoms with Crippen molar-refractivity contribution in [2.45, 2.75) is 12.8 Å². The third kappa shape index (κ3) is 7.13. The van der Waals surface area contributed by atoms with E-state index in [2.05, 4.69) is 14.8 Å². The van der Waals surface area contributed by atoms with Gasteiger partial charge in [-0.05, 0) is 49.7 Å². The Morgan fingerprint density at radius 1 is 1.03 bits per heavy atom. The van der Waals surface area contributed by atoms with Gasteiger partial charge in [0.1, 0.15) is 5.75 Å². The van der Waals surface area contributed by atoms with Gasteiger partial charge in [0.05, 0.1) is 27.9 Å². The second-order valence-corrected chi connectivity index (χ2v) is 9.50. The zero-order valence-corrected chi connectivity index (χ0v) is 22.0. The number of halogens is 2. The van der Waals surface area contributed by atoms with Crippen molar-refractivity contribution in [3.63, 3.8) is 0 Å². The van der Waals surface area contributed by atoms with Crippen molar-refractivity contribution >= 4 is 45.9 Å². The second kappa shape index (κ2) is 12.5. The summed E-state index contributed by atoms with van der Waals surface area (Å²) in [6.07, 6.45) is 1.16. The van der Waals surface area contributed by atoms with E-state index >= 15 is 0 Å². The molecule has 0 N–H and O–H groups in total. The van der Waals surface area contributed by atoms with E-state index in [0.29, 0.717) is 22.2 Å². The molecule has 0 radical (unpaired) electrons. The first-order valence-corrected chi connectivity index (χ1v) is 12.7. The molecule has 4 rings (SSSR count). The van der Waals surface area contributed by atoms with E-state index < -0.39 is 6.16 Å². The van der Waals surface area contributed by atoms with Crippen LogP contribution in [0.25, 0.3) is 10.9 Å². The molecule has 192 valence electrons. The molecule has 2 heterocycles. The lowest BCUT2D eigenvalue weighted by molar-refractivity contribution is -0.0761. The molecule has 36 heavy (non-hydrogen) atoms.